The molecule has 7 heteroatoms. The second-order valence-electron chi connectivity index (χ2n) is 7.87. The number of hydrogen-bond acceptors (Lipinski definition) is 4. The number of benzene rings is 1. The Kier molecular flexibility index (Phi) is 7.92. The van der Waals surface area contributed by atoms with Gasteiger partial charge < -0.3 is 20.3 Å². The lowest BCUT2D eigenvalue weighted by atomic mass is 10.1. The third-order valence-electron chi connectivity index (χ3n) is 4.25. The lowest BCUT2D eigenvalue weighted by Crippen LogP contribution is -2.32. The van der Waals surface area contributed by atoms with E-state index in [1.807, 2.05) is 26.8 Å². The topological polar surface area (TPSA) is 70.7 Å². The largest absolute Gasteiger partial charge is 0.444 e. The van der Waals surface area contributed by atoms with Crippen LogP contribution < -0.4 is 10.6 Å². The Morgan fingerprint density at radius 1 is 1.19 bits per heavy atom. The maximum atomic E-state index is 12.2. The van der Waals surface area contributed by atoms with Gasteiger partial charge in [-0.1, -0.05) is 24.1 Å². The minimum atomic E-state index is -0.538. The number of likely N-dealkylation sites (tertiary alicyclic amines) is 1. The number of nitrogens with zero attached hydrogens (tertiary/aromatic N) is 1. The van der Waals surface area contributed by atoms with Crippen LogP contribution in [0.25, 0.3) is 0 Å². The summed E-state index contributed by atoms with van der Waals surface area (Å²) in [6.45, 7) is 8.67. The van der Waals surface area contributed by atoms with E-state index in [4.69, 9.17) is 16.3 Å². The summed E-state index contributed by atoms with van der Waals surface area (Å²) in [5.74, 6) is -0.0397. The molecule has 1 aliphatic heterocycles. The molecule has 27 heavy (non-hydrogen) atoms. The van der Waals surface area contributed by atoms with E-state index in [-0.39, 0.29) is 5.91 Å². The van der Waals surface area contributed by atoms with Gasteiger partial charge in [0.15, 0.2) is 0 Å². The number of ether oxygens (including phenoxy) is 1. The molecule has 2 rings (SSSR count). The maximum Gasteiger partial charge on any atom is 0.407 e. The summed E-state index contributed by atoms with van der Waals surface area (Å²) in [5.41, 5.74) is 0.878. The molecule has 1 saturated heterocycles. The molecule has 0 saturated carbocycles. The molecule has 1 aromatic carbocycles. The van der Waals surface area contributed by atoms with E-state index in [2.05, 4.69) is 15.5 Å². The fraction of sp³-hybridized carbons (Fsp3) is 0.600. The predicted molar refractivity (Wildman–Crippen MR) is 108 cm³/mol. The van der Waals surface area contributed by atoms with Gasteiger partial charge in [0.2, 0.25) is 5.91 Å². The minimum Gasteiger partial charge on any atom is -0.444 e. The molecule has 150 valence electrons. The van der Waals surface area contributed by atoms with Crippen molar-refractivity contribution in [1.29, 1.82) is 0 Å². The Labute approximate surface area is 166 Å². The van der Waals surface area contributed by atoms with Crippen molar-refractivity contribution in [3.8, 4) is 0 Å². The molecule has 0 bridgehead atoms. The van der Waals surface area contributed by atoms with Crippen LogP contribution in [0.2, 0.25) is 5.02 Å². The van der Waals surface area contributed by atoms with Crippen molar-refractivity contribution in [3.05, 3.63) is 28.8 Å². The number of piperidine rings is 1. The molecule has 0 aromatic heterocycles. The zero-order chi connectivity index (χ0) is 19.9. The number of carbonyl (C=O) groups is 2. The second kappa shape index (κ2) is 9.95. The maximum absolute atomic E-state index is 12.2. The van der Waals surface area contributed by atoms with E-state index in [0.29, 0.717) is 23.7 Å². The molecule has 2 amide bonds. The summed E-state index contributed by atoms with van der Waals surface area (Å²) in [4.78, 5) is 26.2. The second-order valence-corrected chi connectivity index (χ2v) is 8.28. The number of hydrogen-bond donors (Lipinski definition) is 2. The number of anilines is 1. The van der Waals surface area contributed by atoms with Crippen LogP contribution in [0, 0.1) is 0 Å². The molecule has 0 spiro atoms. The first kappa shape index (κ1) is 21.5. The lowest BCUT2D eigenvalue weighted by Gasteiger charge is -2.26. The van der Waals surface area contributed by atoms with Crippen molar-refractivity contribution < 1.29 is 14.3 Å². The number of rotatable bonds is 6. The minimum absolute atomic E-state index is 0.0397. The molecule has 1 aliphatic rings. The first-order chi connectivity index (χ1) is 12.7. The highest BCUT2D eigenvalue weighted by Crippen LogP contribution is 2.23. The zero-order valence-corrected chi connectivity index (χ0v) is 17.2. The first-order valence-electron chi connectivity index (χ1n) is 9.50. The fourth-order valence-electron chi connectivity index (χ4n) is 2.91. The van der Waals surface area contributed by atoms with Gasteiger partial charge in [0.05, 0.1) is 10.7 Å². The molecule has 1 heterocycles. The van der Waals surface area contributed by atoms with Crippen LogP contribution in [-0.4, -0.2) is 42.1 Å². The van der Waals surface area contributed by atoms with Gasteiger partial charge in [0, 0.05) is 19.5 Å². The van der Waals surface area contributed by atoms with Crippen molar-refractivity contribution in [2.24, 2.45) is 0 Å². The summed E-state index contributed by atoms with van der Waals surface area (Å²) in [5, 5.41) is 6.00. The average molecular weight is 396 g/mol. The van der Waals surface area contributed by atoms with Crippen LogP contribution >= 0.6 is 11.6 Å². The first-order valence-corrected chi connectivity index (χ1v) is 9.88. The van der Waals surface area contributed by atoms with E-state index >= 15 is 0 Å². The molecule has 0 unspecified atom stereocenters. The Hall–Kier alpha value is -1.79. The predicted octanol–water partition coefficient (Wildman–Crippen LogP) is 4.18. The molecular weight excluding hydrogens is 366 g/mol. The van der Waals surface area contributed by atoms with Gasteiger partial charge in [-0.25, -0.2) is 4.79 Å². The number of amides is 2. The monoisotopic (exact) mass is 395 g/mol. The molecule has 0 aliphatic carbocycles. The molecule has 2 N–H and O–H groups in total. The zero-order valence-electron chi connectivity index (χ0n) is 16.4. The Morgan fingerprint density at radius 2 is 1.89 bits per heavy atom. The third kappa shape index (κ3) is 8.18. The number of nitrogens with one attached hydrogen (secondary N) is 2. The number of carbonyl (C=O) groups excluding carboxylic acids is 2. The molecule has 0 radical (unpaired) electrons. The van der Waals surface area contributed by atoms with Crippen molar-refractivity contribution in [3.63, 3.8) is 0 Å². The Morgan fingerprint density at radius 3 is 2.52 bits per heavy atom. The van der Waals surface area contributed by atoms with E-state index in [9.17, 15) is 9.59 Å². The SMILES string of the molecule is CC(C)(C)OC(=O)NCc1ccc(NC(=O)CCN2CCCCC2)c(Cl)c1. The van der Waals surface area contributed by atoms with Gasteiger partial charge in [-0.2, -0.15) is 0 Å². The quantitative estimate of drug-likeness (QED) is 0.758. The summed E-state index contributed by atoms with van der Waals surface area (Å²) < 4.78 is 5.20. The van der Waals surface area contributed by atoms with Crippen molar-refractivity contribution in [2.45, 2.75) is 58.6 Å². The highest BCUT2D eigenvalue weighted by molar-refractivity contribution is 6.33. The van der Waals surface area contributed by atoms with E-state index < -0.39 is 11.7 Å². The van der Waals surface area contributed by atoms with Gasteiger partial charge in [-0.3, -0.25) is 4.79 Å². The van der Waals surface area contributed by atoms with Crippen molar-refractivity contribution in [1.82, 2.24) is 10.2 Å². The van der Waals surface area contributed by atoms with Crippen molar-refractivity contribution in [2.75, 3.05) is 25.0 Å². The van der Waals surface area contributed by atoms with Gasteiger partial charge in [-0.15, -0.1) is 0 Å². The molecule has 1 fully saturated rings. The highest BCUT2D eigenvalue weighted by Gasteiger charge is 2.16. The summed E-state index contributed by atoms with van der Waals surface area (Å²) in [7, 11) is 0. The lowest BCUT2D eigenvalue weighted by molar-refractivity contribution is -0.116. The normalized spacial score (nSPS) is 15.3. The van der Waals surface area contributed by atoms with Gasteiger partial charge in [-0.05, 0) is 64.4 Å². The van der Waals surface area contributed by atoms with Crippen LogP contribution in [0.4, 0.5) is 10.5 Å². The van der Waals surface area contributed by atoms with E-state index in [1.165, 1.54) is 19.3 Å². The highest BCUT2D eigenvalue weighted by atomic mass is 35.5. The fourth-order valence-corrected chi connectivity index (χ4v) is 3.16. The van der Waals surface area contributed by atoms with E-state index in [1.54, 1.807) is 12.1 Å². The van der Waals surface area contributed by atoms with E-state index in [0.717, 1.165) is 25.2 Å². The average Bonchev–Trinajstić information content (AvgIpc) is 2.60. The molecule has 0 atom stereocenters. The van der Waals surface area contributed by atoms with Gasteiger partial charge >= 0.3 is 6.09 Å². The third-order valence-corrected chi connectivity index (χ3v) is 4.56. The Bertz CT molecular complexity index is 652. The van der Waals surface area contributed by atoms with Crippen LogP contribution in [0.5, 0.6) is 0 Å². The van der Waals surface area contributed by atoms with Gasteiger partial charge in [0.25, 0.3) is 0 Å². The summed E-state index contributed by atoms with van der Waals surface area (Å²) >= 11 is 6.28. The standard InChI is InChI=1S/C20H30ClN3O3/c1-20(2,3)27-19(26)22-14-15-7-8-17(16(21)13-15)23-18(25)9-12-24-10-5-4-6-11-24/h7-8,13H,4-6,9-12,14H2,1-3H3,(H,22,26)(H,23,25). The van der Waals surface area contributed by atoms with Crippen molar-refractivity contribution >= 4 is 29.3 Å². The molecule has 1 aromatic rings. The van der Waals surface area contributed by atoms with Crippen LogP contribution in [0.15, 0.2) is 18.2 Å². The van der Waals surface area contributed by atoms with Crippen LogP contribution in [0.1, 0.15) is 52.0 Å². The van der Waals surface area contributed by atoms with Crippen LogP contribution in [-0.2, 0) is 16.1 Å². The van der Waals surface area contributed by atoms with Gasteiger partial charge in [0.1, 0.15) is 5.60 Å². The Balaban J connectivity index is 1.79. The summed E-state index contributed by atoms with van der Waals surface area (Å²) in [6, 6.07) is 5.32. The summed E-state index contributed by atoms with van der Waals surface area (Å²) in [6.07, 6.45) is 3.69. The molecule has 6 nitrogen and oxygen atoms in total. The number of halogens is 1. The molecular formula is C20H30ClN3O3. The number of alkyl carbamates (subject to hydrolysis) is 1. The smallest absolute Gasteiger partial charge is 0.407 e. The van der Waals surface area contributed by atoms with Crippen LogP contribution in [0.3, 0.4) is 0 Å².